The van der Waals surface area contributed by atoms with Gasteiger partial charge in [-0.3, -0.25) is 0 Å². The number of halogens is 2. The topological polar surface area (TPSA) is 46.2 Å². The fraction of sp³-hybridized carbons (Fsp3) is 0.571. The van der Waals surface area contributed by atoms with Gasteiger partial charge in [0.15, 0.2) is 9.84 Å². The standard InChI is InChI=1S/C14H19F2NO2S/c1-2-17-14(7-10-5-6-20(18,19)9-10)12-8-11(15)3-4-13(12)16/h3-4,8,10,14,17H,2,5-7,9H2,1H3. The zero-order valence-electron chi connectivity index (χ0n) is 11.4. The molecule has 6 heteroatoms. The molecule has 2 rings (SSSR count). The van der Waals surface area contributed by atoms with Gasteiger partial charge in [-0.05, 0) is 43.5 Å². The fourth-order valence-corrected chi connectivity index (χ4v) is 4.62. The van der Waals surface area contributed by atoms with Crippen LogP contribution in [0.5, 0.6) is 0 Å². The largest absolute Gasteiger partial charge is 0.310 e. The van der Waals surface area contributed by atoms with Crippen LogP contribution in [0.25, 0.3) is 0 Å². The Balaban J connectivity index is 2.17. The SMILES string of the molecule is CCNC(CC1CCS(=O)(=O)C1)c1cc(F)ccc1F. The first kappa shape index (κ1) is 15.4. The second-order valence-corrected chi connectivity index (χ2v) is 7.51. The molecule has 0 aliphatic carbocycles. The van der Waals surface area contributed by atoms with Gasteiger partial charge in [-0.2, -0.15) is 0 Å². The Morgan fingerprint density at radius 3 is 2.75 bits per heavy atom. The van der Waals surface area contributed by atoms with Gasteiger partial charge in [0.05, 0.1) is 11.5 Å². The molecule has 2 atom stereocenters. The van der Waals surface area contributed by atoms with Crippen LogP contribution < -0.4 is 5.32 Å². The van der Waals surface area contributed by atoms with Gasteiger partial charge in [0.2, 0.25) is 0 Å². The first-order valence-electron chi connectivity index (χ1n) is 6.80. The monoisotopic (exact) mass is 303 g/mol. The van der Waals surface area contributed by atoms with Crippen molar-refractivity contribution in [2.75, 3.05) is 18.1 Å². The lowest BCUT2D eigenvalue weighted by atomic mass is 9.94. The average Bonchev–Trinajstić information content (AvgIpc) is 2.71. The first-order chi connectivity index (χ1) is 9.41. The van der Waals surface area contributed by atoms with E-state index < -0.39 is 21.5 Å². The smallest absolute Gasteiger partial charge is 0.150 e. The Kier molecular flexibility index (Phi) is 4.75. The van der Waals surface area contributed by atoms with Gasteiger partial charge < -0.3 is 5.32 Å². The van der Waals surface area contributed by atoms with E-state index in [0.717, 1.165) is 12.1 Å². The van der Waals surface area contributed by atoms with Gasteiger partial charge in [-0.15, -0.1) is 0 Å². The normalized spacial score (nSPS) is 22.9. The fourth-order valence-electron chi connectivity index (χ4n) is 2.74. The summed E-state index contributed by atoms with van der Waals surface area (Å²) in [7, 11) is -2.95. The van der Waals surface area contributed by atoms with Crippen molar-refractivity contribution < 1.29 is 17.2 Å². The highest BCUT2D eigenvalue weighted by Crippen LogP contribution is 2.30. The molecular formula is C14H19F2NO2S. The van der Waals surface area contributed by atoms with Crippen LogP contribution in [0.15, 0.2) is 18.2 Å². The summed E-state index contributed by atoms with van der Waals surface area (Å²) in [5.41, 5.74) is 0.274. The highest BCUT2D eigenvalue weighted by Gasteiger charge is 2.30. The van der Waals surface area contributed by atoms with Crippen LogP contribution in [0.3, 0.4) is 0 Å². The highest BCUT2D eigenvalue weighted by atomic mass is 32.2. The molecule has 1 aliphatic heterocycles. The molecule has 0 aromatic heterocycles. The first-order valence-corrected chi connectivity index (χ1v) is 8.62. The molecule has 1 heterocycles. The third-order valence-corrected chi connectivity index (χ3v) is 5.52. The van der Waals surface area contributed by atoms with E-state index >= 15 is 0 Å². The summed E-state index contributed by atoms with van der Waals surface area (Å²) < 4.78 is 50.1. The minimum absolute atomic E-state index is 0.00622. The molecule has 1 aromatic rings. The second kappa shape index (κ2) is 6.18. The summed E-state index contributed by atoms with van der Waals surface area (Å²) in [5, 5.41) is 3.12. The van der Waals surface area contributed by atoms with E-state index in [4.69, 9.17) is 0 Å². The minimum atomic E-state index is -2.95. The summed E-state index contributed by atoms with van der Waals surface area (Å²) in [6.45, 7) is 2.50. The third-order valence-electron chi connectivity index (χ3n) is 3.68. The number of rotatable bonds is 5. The molecule has 1 N–H and O–H groups in total. The van der Waals surface area contributed by atoms with E-state index in [9.17, 15) is 17.2 Å². The molecule has 0 spiro atoms. The van der Waals surface area contributed by atoms with E-state index in [1.54, 1.807) is 0 Å². The van der Waals surface area contributed by atoms with E-state index in [2.05, 4.69) is 5.32 Å². The predicted molar refractivity (Wildman–Crippen MR) is 74.2 cm³/mol. The average molecular weight is 303 g/mol. The van der Waals surface area contributed by atoms with Crippen molar-refractivity contribution in [3.8, 4) is 0 Å². The van der Waals surface area contributed by atoms with Gasteiger partial charge in [0, 0.05) is 11.6 Å². The molecule has 1 saturated heterocycles. The van der Waals surface area contributed by atoms with Crippen molar-refractivity contribution >= 4 is 9.84 Å². The number of benzene rings is 1. The maximum absolute atomic E-state index is 13.8. The number of hydrogen-bond donors (Lipinski definition) is 1. The van der Waals surface area contributed by atoms with Crippen LogP contribution >= 0.6 is 0 Å². The van der Waals surface area contributed by atoms with Crippen LogP contribution in [0.1, 0.15) is 31.4 Å². The number of hydrogen-bond acceptors (Lipinski definition) is 3. The molecule has 1 fully saturated rings. The molecule has 2 unspecified atom stereocenters. The Morgan fingerprint density at radius 1 is 1.40 bits per heavy atom. The van der Waals surface area contributed by atoms with Crippen LogP contribution in [0.4, 0.5) is 8.78 Å². The van der Waals surface area contributed by atoms with Crippen molar-refractivity contribution in [3.63, 3.8) is 0 Å². The Hall–Kier alpha value is -1.01. The zero-order chi connectivity index (χ0) is 14.8. The summed E-state index contributed by atoms with van der Waals surface area (Å²) in [4.78, 5) is 0. The lowest BCUT2D eigenvalue weighted by molar-refractivity contribution is 0.407. The molecular weight excluding hydrogens is 284 g/mol. The Morgan fingerprint density at radius 2 is 2.15 bits per heavy atom. The van der Waals surface area contributed by atoms with Crippen LogP contribution in [-0.2, 0) is 9.84 Å². The van der Waals surface area contributed by atoms with Gasteiger partial charge in [-0.1, -0.05) is 6.92 Å². The molecule has 0 radical (unpaired) electrons. The molecule has 1 aliphatic rings. The molecule has 0 saturated carbocycles. The highest BCUT2D eigenvalue weighted by molar-refractivity contribution is 7.91. The molecule has 0 bridgehead atoms. The lowest BCUT2D eigenvalue weighted by Gasteiger charge is -2.22. The van der Waals surface area contributed by atoms with Crippen molar-refractivity contribution in [1.82, 2.24) is 5.32 Å². The molecule has 0 amide bonds. The van der Waals surface area contributed by atoms with Gasteiger partial charge in [-0.25, -0.2) is 17.2 Å². The van der Waals surface area contributed by atoms with Crippen molar-refractivity contribution in [3.05, 3.63) is 35.4 Å². The van der Waals surface area contributed by atoms with E-state index in [1.165, 1.54) is 6.07 Å². The quantitative estimate of drug-likeness (QED) is 0.909. The van der Waals surface area contributed by atoms with Crippen molar-refractivity contribution in [1.29, 1.82) is 0 Å². The van der Waals surface area contributed by atoms with Gasteiger partial charge >= 0.3 is 0 Å². The van der Waals surface area contributed by atoms with Crippen LogP contribution in [0, 0.1) is 17.6 Å². The third kappa shape index (κ3) is 3.76. The number of sulfone groups is 1. The molecule has 112 valence electrons. The molecule has 20 heavy (non-hydrogen) atoms. The molecule has 3 nitrogen and oxygen atoms in total. The van der Waals surface area contributed by atoms with Gasteiger partial charge in [0.25, 0.3) is 0 Å². The summed E-state index contributed by atoms with van der Waals surface area (Å²) in [6.07, 6.45) is 1.11. The van der Waals surface area contributed by atoms with E-state index in [-0.39, 0.29) is 29.0 Å². The van der Waals surface area contributed by atoms with E-state index in [1.807, 2.05) is 6.92 Å². The minimum Gasteiger partial charge on any atom is -0.310 e. The van der Waals surface area contributed by atoms with Crippen LogP contribution in [-0.4, -0.2) is 26.5 Å². The second-order valence-electron chi connectivity index (χ2n) is 5.28. The number of nitrogens with one attached hydrogen (secondary N) is 1. The maximum atomic E-state index is 13.8. The maximum Gasteiger partial charge on any atom is 0.150 e. The Bertz CT molecular complexity index is 575. The van der Waals surface area contributed by atoms with Crippen molar-refractivity contribution in [2.45, 2.75) is 25.8 Å². The van der Waals surface area contributed by atoms with Gasteiger partial charge in [0.1, 0.15) is 11.6 Å². The predicted octanol–water partition coefficient (Wildman–Crippen LogP) is 2.44. The molecule has 1 aromatic carbocycles. The summed E-state index contributed by atoms with van der Waals surface area (Å²) >= 11 is 0. The lowest BCUT2D eigenvalue weighted by Crippen LogP contribution is -2.25. The zero-order valence-corrected chi connectivity index (χ0v) is 12.2. The summed E-state index contributed by atoms with van der Waals surface area (Å²) in [6, 6.07) is 3.03. The Labute approximate surface area is 118 Å². The summed E-state index contributed by atoms with van der Waals surface area (Å²) in [5.74, 6) is -0.596. The van der Waals surface area contributed by atoms with E-state index in [0.29, 0.717) is 19.4 Å². The van der Waals surface area contributed by atoms with Crippen molar-refractivity contribution in [2.24, 2.45) is 5.92 Å². The van der Waals surface area contributed by atoms with Crippen LogP contribution in [0.2, 0.25) is 0 Å².